The standard InChI is InChI=1S/C16H23N3O4.ClH/c1-17(12-16(20)21)14-6-3-8-18(9-7-14)11-13-4-2-5-15(10-13)19(22)23;/h2,4-5,10,14H,3,6-9,11-12H2,1H3,(H,20,21);1H. The van der Waals surface area contributed by atoms with Crippen LogP contribution in [-0.4, -0.2) is 58.5 Å². The minimum atomic E-state index is -0.801. The minimum Gasteiger partial charge on any atom is -0.480 e. The second-order valence-electron chi connectivity index (χ2n) is 6.10. The lowest BCUT2D eigenvalue weighted by molar-refractivity contribution is -0.384. The maximum Gasteiger partial charge on any atom is 0.317 e. The van der Waals surface area contributed by atoms with Crippen LogP contribution in [0.2, 0.25) is 0 Å². The zero-order chi connectivity index (χ0) is 16.8. The molecule has 1 atom stereocenters. The van der Waals surface area contributed by atoms with E-state index in [0.717, 1.165) is 37.9 Å². The van der Waals surface area contributed by atoms with Gasteiger partial charge in [-0.25, -0.2) is 0 Å². The Morgan fingerprint density at radius 1 is 1.42 bits per heavy atom. The summed E-state index contributed by atoms with van der Waals surface area (Å²) in [7, 11) is 1.86. The molecule has 0 saturated carbocycles. The van der Waals surface area contributed by atoms with Gasteiger partial charge in [0.2, 0.25) is 0 Å². The number of nitro groups is 1. The van der Waals surface area contributed by atoms with Crippen molar-refractivity contribution in [2.24, 2.45) is 0 Å². The molecule has 1 aromatic carbocycles. The summed E-state index contributed by atoms with van der Waals surface area (Å²) in [6.07, 6.45) is 2.90. The van der Waals surface area contributed by atoms with E-state index in [1.807, 2.05) is 18.0 Å². The number of nitro benzene ring substituents is 1. The maximum absolute atomic E-state index is 10.8. The van der Waals surface area contributed by atoms with Gasteiger partial charge in [0.15, 0.2) is 0 Å². The van der Waals surface area contributed by atoms with Gasteiger partial charge >= 0.3 is 5.97 Å². The highest BCUT2D eigenvalue weighted by atomic mass is 35.5. The normalized spacial score (nSPS) is 18.7. The number of likely N-dealkylation sites (tertiary alicyclic amines) is 1. The van der Waals surface area contributed by atoms with Crippen LogP contribution >= 0.6 is 12.4 Å². The molecule has 1 aliphatic rings. The molecule has 7 nitrogen and oxygen atoms in total. The summed E-state index contributed by atoms with van der Waals surface area (Å²) in [5, 5.41) is 19.7. The monoisotopic (exact) mass is 357 g/mol. The minimum absolute atomic E-state index is 0. The number of carboxylic acids is 1. The third-order valence-corrected chi connectivity index (χ3v) is 4.33. The van der Waals surface area contributed by atoms with Crippen molar-refractivity contribution in [3.63, 3.8) is 0 Å². The fraction of sp³-hybridized carbons (Fsp3) is 0.562. The first-order valence-electron chi connectivity index (χ1n) is 7.83. The summed E-state index contributed by atoms with van der Waals surface area (Å²) in [6, 6.07) is 7.03. The first kappa shape index (κ1) is 20.3. The average Bonchev–Trinajstić information content (AvgIpc) is 2.72. The van der Waals surface area contributed by atoms with Crippen LogP contribution in [0.1, 0.15) is 24.8 Å². The Morgan fingerprint density at radius 3 is 2.83 bits per heavy atom. The van der Waals surface area contributed by atoms with E-state index in [9.17, 15) is 14.9 Å². The second kappa shape index (κ2) is 9.56. The van der Waals surface area contributed by atoms with Crippen molar-refractivity contribution in [3.8, 4) is 0 Å². The molecule has 0 bridgehead atoms. The molecule has 0 spiro atoms. The molecular weight excluding hydrogens is 334 g/mol. The summed E-state index contributed by atoms with van der Waals surface area (Å²) in [5.41, 5.74) is 1.06. The molecule has 1 saturated heterocycles. The SMILES string of the molecule is CN(CC(=O)O)C1CCCN(Cc2cccc([N+](=O)[O-])c2)CC1.Cl. The maximum atomic E-state index is 10.8. The molecule has 0 amide bonds. The molecule has 1 fully saturated rings. The van der Waals surface area contributed by atoms with E-state index in [1.54, 1.807) is 12.1 Å². The Kier molecular flexibility index (Phi) is 8.10. The van der Waals surface area contributed by atoms with Crippen LogP contribution in [0.4, 0.5) is 5.69 Å². The summed E-state index contributed by atoms with van der Waals surface area (Å²) in [4.78, 5) is 25.5. The first-order chi connectivity index (χ1) is 11.0. The number of carbonyl (C=O) groups is 1. The van der Waals surface area contributed by atoms with Crippen LogP contribution in [-0.2, 0) is 11.3 Å². The van der Waals surface area contributed by atoms with Crippen molar-refractivity contribution in [1.82, 2.24) is 9.80 Å². The molecule has 2 rings (SSSR count). The van der Waals surface area contributed by atoms with Crippen LogP contribution in [0.3, 0.4) is 0 Å². The smallest absolute Gasteiger partial charge is 0.317 e. The number of hydrogen-bond acceptors (Lipinski definition) is 5. The van der Waals surface area contributed by atoms with E-state index >= 15 is 0 Å². The number of halogens is 1. The predicted octanol–water partition coefficient (Wildman–Crippen LogP) is 2.39. The molecule has 1 aromatic rings. The fourth-order valence-corrected chi connectivity index (χ4v) is 3.11. The number of benzene rings is 1. The van der Waals surface area contributed by atoms with Crippen LogP contribution in [0.5, 0.6) is 0 Å². The summed E-state index contributed by atoms with van der Waals surface area (Å²) in [6.45, 7) is 2.56. The summed E-state index contributed by atoms with van der Waals surface area (Å²) in [5.74, 6) is -0.801. The van der Waals surface area contributed by atoms with Gasteiger partial charge in [-0.1, -0.05) is 12.1 Å². The first-order valence-corrected chi connectivity index (χ1v) is 7.83. The van der Waals surface area contributed by atoms with Gasteiger partial charge in [0.1, 0.15) is 0 Å². The van der Waals surface area contributed by atoms with Gasteiger partial charge in [0, 0.05) is 24.7 Å². The number of hydrogen-bond donors (Lipinski definition) is 1. The van der Waals surface area contributed by atoms with Crippen molar-refractivity contribution < 1.29 is 14.8 Å². The van der Waals surface area contributed by atoms with Crippen LogP contribution < -0.4 is 0 Å². The highest BCUT2D eigenvalue weighted by Crippen LogP contribution is 2.19. The summed E-state index contributed by atoms with van der Waals surface area (Å²) < 4.78 is 0. The third-order valence-electron chi connectivity index (χ3n) is 4.33. The lowest BCUT2D eigenvalue weighted by Gasteiger charge is -2.25. The second-order valence-corrected chi connectivity index (χ2v) is 6.10. The van der Waals surface area contributed by atoms with E-state index in [0.29, 0.717) is 6.54 Å². The number of nitrogens with zero attached hydrogens (tertiary/aromatic N) is 3. The van der Waals surface area contributed by atoms with Gasteiger partial charge in [0.05, 0.1) is 11.5 Å². The number of rotatable bonds is 6. The van der Waals surface area contributed by atoms with Crippen molar-refractivity contribution in [3.05, 3.63) is 39.9 Å². The molecule has 8 heteroatoms. The molecule has 1 heterocycles. The van der Waals surface area contributed by atoms with Crippen molar-refractivity contribution in [1.29, 1.82) is 0 Å². The Bertz CT molecular complexity index is 570. The van der Waals surface area contributed by atoms with E-state index in [-0.39, 0.29) is 35.6 Å². The van der Waals surface area contributed by atoms with E-state index in [4.69, 9.17) is 5.11 Å². The third kappa shape index (κ3) is 6.07. The van der Waals surface area contributed by atoms with Gasteiger partial charge in [-0.05, 0) is 45.0 Å². The zero-order valence-corrected chi connectivity index (χ0v) is 14.6. The Labute approximate surface area is 147 Å². The molecule has 0 aliphatic carbocycles. The molecule has 0 aromatic heterocycles. The zero-order valence-electron chi connectivity index (χ0n) is 13.8. The number of aliphatic carboxylic acids is 1. The highest BCUT2D eigenvalue weighted by molar-refractivity contribution is 5.85. The molecule has 1 unspecified atom stereocenters. The van der Waals surface area contributed by atoms with Gasteiger partial charge in [0.25, 0.3) is 5.69 Å². The van der Waals surface area contributed by atoms with Gasteiger partial charge in [-0.2, -0.15) is 0 Å². The topological polar surface area (TPSA) is 86.9 Å². The molecule has 134 valence electrons. The Hall–Kier alpha value is -1.70. The number of non-ortho nitro benzene ring substituents is 1. The lowest BCUT2D eigenvalue weighted by Crippen LogP contribution is -2.36. The Balaban J connectivity index is 0.00000288. The molecule has 1 aliphatic heterocycles. The van der Waals surface area contributed by atoms with Crippen LogP contribution in [0.25, 0.3) is 0 Å². The van der Waals surface area contributed by atoms with E-state index < -0.39 is 5.97 Å². The van der Waals surface area contributed by atoms with Crippen molar-refractivity contribution >= 4 is 24.1 Å². The number of likely N-dealkylation sites (N-methyl/N-ethyl adjacent to an activating group) is 1. The van der Waals surface area contributed by atoms with Gasteiger partial charge in [-0.3, -0.25) is 24.7 Å². The number of carboxylic acid groups (broad SMARTS) is 1. The van der Waals surface area contributed by atoms with Crippen molar-refractivity contribution in [2.45, 2.75) is 31.8 Å². The fourth-order valence-electron chi connectivity index (χ4n) is 3.11. The molecule has 1 N–H and O–H groups in total. The Morgan fingerprint density at radius 2 is 2.17 bits per heavy atom. The van der Waals surface area contributed by atoms with Gasteiger partial charge in [-0.15, -0.1) is 12.4 Å². The van der Waals surface area contributed by atoms with E-state index in [2.05, 4.69) is 4.90 Å². The molecule has 0 radical (unpaired) electrons. The van der Waals surface area contributed by atoms with Gasteiger partial charge < -0.3 is 5.11 Å². The van der Waals surface area contributed by atoms with Crippen molar-refractivity contribution in [2.75, 3.05) is 26.7 Å². The quantitative estimate of drug-likeness (QED) is 0.621. The predicted molar refractivity (Wildman–Crippen MR) is 93.5 cm³/mol. The van der Waals surface area contributed by atoms with Crippen LogP contribution in [0.15, 0.2) is 24.3 Å². The lowest BCUT2D eigenvalue weighted by atomic mass is 10.1. The average molecular weight is 358 g/mol. The highest BCUT2D eigenvalue weighted by Gasteiger charge is 2.22. The molecular formula is C16H24ClN3O4. The summed E-state index contributed by atoms with van der Waals surface area (Å²) >= 11 is 0. The largest absolute Gasteiger partial charge is 0.480 e. The van der Waals surface area contributed by atoms with Crippen LogP contribution in [0, 0.1) is 10.1 Å². The van der Waals surface area contributed by atoms with E-state index in [1.165, 1.54) is 6.07 Å². The molecule has 24 heavy (non-hydrogen) atoms.